The molecule has 2 aromatic carbocycles. The number of rotatable bonds is 7. The van der Waals surface area contributed by atoms with E-state index in [-0.39, 0.29) is 21.5 Å². The van der Waals surface area contributed by atoms with Gasteiger partial charge in [-0.15, -0.1) is 0 Å². The van der Waals surface area contributed by atoms with Crippen LogP contribution in [0.2, 0.25) is 20.1 Å². The molecule has 0 saturated heterocycles. The summed E-state index contributed by atoms with van der Waals surface area (Å²) in [6.07, 6.45) is -1.18. The largest absolute Gasteiger partial charge is 0.438 e. The van der Waals surface area contributed by atoms with E-state index >= 15 is 0 Å². The second-order valence-corrected chi connectivity index (χ2v) is 10.4. The average Bonchev–Trinajstić information content (AvgIpc) is 3.14. The van der Waals surface area contributed by atoms with Crippen molar-refractivity contribution in [1.29, 1.82) is 0 Å². The number of benzene rings is 2. The van der Waals surface area contributed by atoms with Gasteiger partial charge < -0.3 is 9.72 Å². The molecule has 0 bridgehead atoms. The van der Waals surface area contributed by atoms with Crippen LogP contribution in [-0.4, -0.2) is 22.0 Å². The smallest absolute Gasteiger partial charge is 0.414 e. The van der Waals surface area contributed by atoms with Gasteiger partial charge in [-0.05, 0) is 48.7 Å². The van der Waals surface area contributed by atoms with Crippen LogP contribution in [0, 0.1) is 0 Å². The van der Waals surface area contributed by atoms with Crippen LogP contribution in [0.1, 0.15) is 61.1 Å². The number of aromatic amines is 1. The van der Waals surface area contributed by atoms with Crippen LogP contribution in [0.25, 0.3) is 0 Å². The summed E-state index contributed by atoms with van der Waals surface area (Å²) < 4.78 is 5.49. The normalized spacial score (nSPS) is 12.0. The number of imidazole rings is 1. The molecule has 0 aliphatic heterocycles. The quantitative estimate of drug-likeness (QED) is 0.303. The average molecular weight is 561 g/mol. The molecule has 1 heterocycles. The highest BCUT2D eigenvalue weighted by Crippen LogP contribution is 2.36. The summed E-state index contributed by atoms with van der Waals surface area (Å²) in [5.41, 5.74) is 0.949. The summed E-state index contributed by atoms with van der Waals surface area (Å²) >= 11 is 25.5. The first-order chi connectivity index (χ1) is 16.0. The molecule has 0 fully saturated rings. The number of hydrogen-bond acceptors (Lipinski definition) is 5. The Bertz CT molecular complexity index is 1180. The highest BCUT2D eigenvalue weighted by atomic mass is 35.5. The topological polar surface area (TPSA) is 84.1 Å². The molecule has 2 amide bonds. The molecule has 6 nitrogen and oxygen atoms in total. The number of ether oxygens (including phenoxy) is 1. The lowest BCUT2D eigenvalue weighted by Gasteiger charge is -2.14. The van der Waals surface area contributed by atoms with Gasteiger partial charge in [0.05, 0.1) is 5.69 Å². The zero-order valence-electron chi connectivity index (χ0n) is 18.4. The number of hydrogen-bond donors (Lipinski definition) is 2. The van der Waals surface area contributed by atoms with Gasteiger partial charge in [0.2, 0.25) is 0 Å². The van der Waals surface area contributed by atoms with Gasteiger partial charge in [0.25, 0.3) is 5.91 Å². The van der Waals surface area contributed by atoms with Crippen molar-refractivity contribution in [3.8, 4) is 0 Å². The van der Waals surface area contributed by atoms with Gasteiger partial charge in [0.1, 0.15) is 10.9 Å². The summed E-state index contributed by atoms with van der Waals surface area (Å²) in [5.74, 6) is -0.112. The number of H-pyrrole nitrogens is 1. The van der Waals surface area contributed by atoms with E-state index in [0.717, 1.165) is 15.6 Å². The molecule has 0 aliphatic carbocycles. The molecule has 3 rings (SSSR count). The molecule has 0 aliphatic rings. The van der Waals surface area contributed by atoms with E-state index in [1.54, 1.807) is 18.2 Å². The molecule has 1 atom stereocenters. The van der Waals surface area contributed by atoms with Crippen molar-refractivity contribution in [3.63, 3.8) is 0 Å². The van der Waals surface area contributed by atoms with Gasteiger partial charge in [-0.3, -0.25) is 10.1 Å². The van der Waals surface area contributed by atoms with E-state index in [9.17, 15) is 9.59 Å². The minimum absolute atomic E-state index is 0.0997. The monoisotopic (exact) mass is 559 g/mol. The van der Waals surface area contributed by atoms with E-state index in [1.807, 2.05) is 20.8 Å². The van der Waals surface area contributed by atoms with Crippen LogP contribution < -0.4 is 5.32 Å². The van der Waals surface area contributed by atoms with Crippen LogP contribution in [0.15, 0.2) is 46.3 Å². The lowest BCUT2D eigenvalue weighted by molar-refractivity contribution is 0.0786. The van der Waals surface area contributed by atoms with Crippen LogP contribution in [0.5, 0.6) is 0 Å². The third kappa shape index (κ3) is 7.06. The summed E-state index contributed by atoms with van der Waals surface area (Å²) in [6.45, 7) is 5.87. The minimum atomic E-state index is -0.911. The maximum Gasteiger partial charge on any atom is 0.414 e. The maximum absolute atomic E-state index is 12.4. The SMILES string of the molecule is CCC(OC(=O)NC(=O)c1cc(Cl)cc(Cl)c1)c1nc(C(C)C)c(Sc2cc(Cl)cc(Cl)c2)[nH]1. The Morgan fingerprint density at radius 2 is 1.56 bits per heavy atom. The molecular formula is C23H21Cl4N3O3S. The summed E-state index contributed by atoms with van der Waals surface area (Å²) in [4.78, 5) is 33.6. The third-order valence-electron chi connectivity index (χ3n) is 4.58. The van der Waals surface area contributed by atoms with Crippen LogP contribution >= 0.6 is 58.2 Å². The van der Waals surface area contributed by atoms with Crippen LogP contribution in [0.4, 0.5) is 4.79 Å². The number of halogens is 4. The standard InChI is InChI=1S/C23H21Cl4N3O3S/c1-4-18(33-23(32)30-21(31)12-5-13(24)7-14(25)6-12)20-28-19(11(2)3)22(29-20)34-17-9-15(26)8-16(27)10-17/h5-11,18H,4H2,1-3H3,(H,28,29)(H,30,31,32). The second kappa shape index (κ2) is 11.7. The zero-order valence-corrected chi connectivity index (χ0v) is 22.3. The van der Waals surface area contributed by atoms with Gasteiger partial charge in [-0.1, -0.05) is 78.9 Å². The molecule has 0 radical (unpaired) electrons. The molecule has 3 aromatic rings. The molecule has 0 spiro atoms. The van der Waals surface area contributed by atoms with Crippen molar-refractivity contribution in [2.24, 2.45) is 0 Å². The van der Waals surface area contributed by atoms with Gasteiger partial charge >= 0.3 is 6.09 Å². The number of imide groups is 1. The molecule has 2 N–H and O–H groups in total. The molecule has 1 unspecified atom stereocenters. The zero-order chi connectivity index (χ0) is 25.0. The van der Waals surface area contributed by atoms with Crippen molar-refractivity contribution >= 4 is 70.2 Å². The molecule has 1 aromatic heterocycles. The molecule has 34 heavy (non-hydrogen) atoms. The van der Waals surface area contributed by atoms with E-state index < -0.39 is 18.1 Å². The van der Waals surface area contributed by atoms with Gasteiger partial charge in [-0.2, -0.15) is 0 Å². The highest BCUT2D eigenvalue weighted by Gasteiger charge is 2.24. The second-order valence-electron chi connectivity index (χ2n) is 7.61. The number of aromatic nitrogens is 2. The fraction of sp³-hybridized carbons (Fsp3) is 0.261. The Kier molecular flexibility index (Phi) is 9.18. The van der Waals surface area contributed by atoms with Crippen LogP contribution in [0.3, 0.4) is 0 Å². The lowest BCUT2D eigenvalue weighted by Crippen LogP contribution is -2.32. The van der Waals surface area contributed by atoms with Crippen molar-refractivity contribution in [1.82, 2.24) is 15.3 Å². The molecule has 11 heteroatoms. The number of amides is 2. The highest BCUT2D eigenvalue weighted by molar-refractivity contribution is 7.99. The van der Waals surface area contributed by atoms with Crippen molar-refractivity contribution in [3.05, 3.63) is 73.6 Å². The first-order valence-corrected chi connectivity index (χ1v) is 12.6. The predicted octanol–water partition coefficient (Wildman–Crippen LogP) is 8.32. The summed E-state index contributed by atoms with van der Waals surface area (Å²) in [5, 5.41) is 4.58. The summed E-state index contributed by atoms with van der Waals surface area (Å²) in [6, 6.07) is 9.56. The van der Waals surface area contributed by atoms with Crippen molar-refractivity contribution in [2.75, 3.05) is 0 Å². The molecule has 180 valence electrons. The van der Waals surface area contributed by atoms with E-state index in [0.29, 0.717) is 22.3 Å². The Morgan fingerprint density at radius 3 is 2.09 bits per heavy atom. The molecular weight excluding hydrogens is 540 g/mol. The van der Waals surface area contributed by atoms with E-state index in [1.165, 1.54) is 30.0 Å². The Hall–Kier alpha value is -1.90. The minimum Gasteiger partial charge on any atom is -0.438 e. The summed E-state index contributed by atoms with van der Waals surface area (Å²) in [7, 11) is 0. The van der Waals surface area contributed by atoms with Crippen molar-refractivity contribution < 1.29 is 14.3 Å². The fourth-order valence-electron chi connectivity index (χ4n) is 3.06. The number of carbonyl (C=O) groups is 2. The molecule has 0 saturated carbocycles. The van der Waals surface area contributed by atoms with E-state index in [4.69, 9.17) is 51.1 Å². The number of alkyl carbamates (subject to hydrolysis) is 1. The van der Waals surface area contributed by atoms with Crippen molar-refractivity contribution in [2.45, 2.75) is 49.1 Å². The first kappa shape index (κ1) is 26.7. The fourth-order valence-corrected chi connectivity index (χ4v) is 5.39. The first-order valence-electron chi connectivity index (χ1n) is 10.3. The number of nitrogens with zero attached hydrogens (tertiary/aromatic N) is 1. The predicted molar refractivity (Wildman–Crippen MR) is 137 cm³/mol. The number of carbonyl (C=O) groups excluding carboxylic acids is 2. The lowest BCUT2D eigenvalue weighted by atomic mass is 10.1. The van der Waals surface area contributed by atoms with Crippen LogP contribution in [-0.2, 0) is 4.74 Å². The van der Waals surface area contributed by atoms with Gasteiger partial charge in [0, 0.05) is 30.5 Å². The van der Waals surface area contributed by atoms with Gasteiger partial charge in [-0.25, -0.2) is 9.78 Å². The maximum atomic E-state index is 12.4. The Morgan fingerprint density at radius 1 is 1.00 bits per heavy atom. The Balaban J connectivity index is 1.77. The Labute approximate surface area is 221 Å². The van der Waals surface area contributed by atoms with Gasteiger partial charge in [0.15, 0.2) is 6.10 Å². The number of nitrogens with one attached hydrogen (secondary N) is 2. The van der Waals surface area contributed by atoms with E-state index in [2.05, 4.69) is 15.3 Å². The third-order valence-corrected chi connectivity index (χ3v) is 6.44.